The summed E-state index contributed by atoms with van der Waals surface area (Å²) in [5, 5.41) is 2.79. The fourth-order valence-electron chi connectivity index (χ4n) is 1.13. The molecule has 0 saturated heterocycles. The Morgan fingerprint density at radius 3 is 2.83 bits per heavy atom. The van der Waals surface area contributed by atoms with E-state index in [1.807, 2.05) is 18.2 Å². The summed E-state index contributed by atoms with van der Waals surface area (Å²) < 4.78 is 0. The fourth-order valence-corrected chi connectivity index (χ4v) is 1.31. The van der Waals surface area contributed by atoms with Gasteiger partial charge in [-0.05, 0) is 23.6 Å². The normalized spacial score (nSPS) is 10.4. The van der Waals surface area contributed by atoms with Crippen molar-refractivity contribution in [1.29, 1.82) is 0 Å². The second kappa shape index (κ2) is 2.64. The molecule has 2 rings (SSSR count). The van der Waals surface area contributed by atoms with E-state index in [0.29, 0.717) is 10.8 Å². The van der Waals surface area contributed by atoms with Crippen molar-refractivity contribution in [3.05, 3.63) is 35.5 Å². The van der Waals surface area contributed by atoms with Crippen LogP contribution in [0.5, 0.6) is 0 Å². The monoisotopic (exact) mass is 178 g/mol. The second-order valence-electron chi connectivity index (χ2n) is 2.60. The molecular weight excluding hydrogens is 172 g/mol. The first-order chi connectivity index (χ1) is 5.75. The van der Waals surface area contributed by atoms with Crippen molar-refractivity contribution in [1.82, 2.24) is 4.98 Å². The van der Waals surface area contributed by atoms with Crippen molar-refractivity contribution in [2.24, 2.45) is 0 Å². The molecule has 0 amide bonds. The molecule has 0 bridgehead atoms. The molecule has 2 N–H and O–H groups in total. The summed E-state index contributed by atoms with van der Waals surface area (Å²) in [6.07, 6.45) is 1.74. The summed E-state index contributed by atoms with van der Waals surface area (Å²) in [6.45, 7) is 0. The molecule has 0 aliphatic rings. The van der Waals surface area contributed by atoms with Gasteiger partial charge in [0.25, 0.3) is 0 Å². The highest BCUT2D eigenvalue weighted by Crippen LogP contribution is 2.19. The lowest BCUT2D eigenvalue weighted by Crippen LogP contribution is -1.88. The number of hydrogen-bond donors (Lipinski definition) is 1. The van der Waals surface area contributed by atoms with Crippen molar-refractivity contribution in [2.45, 2.75) is 0 Å². The van der Waals surface area contributed by atoms with Crippen LogP contribution in [0, 0.1) is 0 Å². The van der Waals surface area contributed by atoms with Crippen molar-refractivity contribution < 1.29 is 0 Å². The Morgan fingerprint density at radius 1 is 1.17 bits per heavy atom. The Kier molecular flexibility index (Phi) is 1.62. The van der Waals surface area contributed by atoms with E-state index in [1.54, 1.807) is 12.3 Å². The van der Waals surface area contributed by atoms with Gasteiger partial charge < -0.3 is 5.73 Å². The van der Waals surface area contributed by atoms with Gasteiger partial charge in [0.05, 0.1) is 0 Å². The number of aromatic nitrogens is 1. The largest absolute Gasteiger partial charge is 0.384 e. The average Bonchev–Trinajstić information content (AvgIpc) is 2.03. The summed E-state index contributed by atoms with van der Waals surface area (Å²) in [4.78, 5) is 3.97. The van der Waals surface area contributed by atoms with Crippen LogP contribution in [0.1, 0.15) is 0 Å². The number of anilines is 1. The molecule has 0 atom stereocenters. The fraction of sp³-hybridized carbons (Fsp3) is 0. The summed E-state index contributed by atoms with van der Waals surface area (Å²) in [5.41, 5.74) is 5.52. The molecule has 1 aromatic heterocycles. The van der Waals surface area contributed by atoms with Gasteiger partial charge >= 0.3 is 0 Å². The molecule has 3 heteroatoms. The average molecular weight is 179 g/mol. The third-order valence-corrected chi connectivity index (χ3v) is 1.94. The topological polar surface area (TPSA) is 38.9 Å². The smallest absolute Gasteiger partial charge is 0.123 e. The quantitative estimate of drug-likeness (QED) is 0.673. The molecule has 2 nitrogen and oxygen atoms in total. The Morgan fingerprint density at radius 2 is 2.00 bits per heavy atom. The lowest BCUT2D eigenvalue weighted by atomic mass is 10.2. The zero-order chi connectivity index (χ0) is 8.55. The first-order valence-corrected chi connectivity index (χ1v) is 3.94. The lowest BCUT2D eigenvalue weighted by molar-refractivity contribution is 1.37. The molecule has 0 radical (unpaired) electrons. The number of hydrogen-bond acceptors (Lipinski definition) is 2. The maximum atomic E-state index is 5.81. The number of nitrogen functional groups attached to an aromatic ring is 1. The number of pyridine rings is 1. The van der Waals surface area contributed by atoms with Crippen molar-refractivity contribution in [3.8, 4) is 0 Å². The minimum Gasteiger partial charge on any atom is -0.384 e. The molecule has 60 valence electrons. The van der Waals surface area contributed by atoms with E-state index in [-0.39, 0.29) is 0 Å². The van der Waals surface area contributed by atoms with Crippen LogP contribution >= 0.6 is 11.6 Å². The van der Waals surface area contributed by atoms with E-state index < -0.39 is 0 Å². The van der Waals surface area contributed by atoms with E-state index in [0.717, 1.165) is 10.8 Å². The Hall–Kier alpha value is -1.28. The zero-order valence-corrected chi connectivity index (χ0v) is 7.05. The SMILES string of the molecule is Nc1cc2cc(Cl)ccc2cn1. The highest BCUT2D eigenvalue weighted by molar-refractivity contribution is 6.31. The first-order valence-electron chi connectivity index (χ1n) is 3.56. The van der Waals surface area contributed by atoms with Crippen LogP contribution in [-0.4, -0.2) is 4.98 Å². The number of rotatable bonds is 0. The van der Waals surface area contributed by atoms with E-state index in [1.165, 1.54) is 0 Å². The second-order valence-corrected chi connectivity index (χ2v) is 3.04. The van der Waals surface area contributed by atoms with Gasteiger partial charge in [-0.25, -0.2) is 4.98 Å². The molecule has 0 aliphatic heterocycles. The highest BCUT2D eigenvalue weighted by atomic mass is 35.5. The van der Waals surface area contributed by atoms with Gasteiger partial charge in [-0.1, -0.05) is 17.7 Å². The van der Waals surface area contributed by atoms with Crippen molar-refractivity contribution in [3.63, 3.8) is 0 Å². The number of nitrogens with zero attached hydrogens (tertiary/aromatic N) is 1. The number of halogens is 1. The summed E-state index contributed by atoms with van der Waals surface area (Å²) in [7, 11) is 0. The van der Waals surface area contributed by atoms with Gasteiger partial charge in [0.15, 0.2) is 0 Å². The third-order valence-electron chi connectivity index (χ3n) is 1.70. The maximum Gasteiger partial charge on any atom is 0.123 e. The van der Waals surface area contributed by atoms with Crippen LogP contribution in [0.2, 0.25) is 5.02 Å². The van der Waals surface area contributed by atoms with Gasteiger partial charge in [-0.2, -0.15) is 0 Å². The summed E-state index contributed by atoms with van der Waals surface area (Å²) in [5.74, 6) is 0.518. The molecule has 0 fully saturated rings. The number of nitrogens with two attached hydrogens (primary N) is 1. The summed E-state index contributed by atoms with van der Waals surface area (Å²) in [6, 6.07) is 7.43. The molecule has 1 heterocycles. The lowest BCUT2D eigenvalue weighted by Gasteiger charge is -1.98. The molecule has 12 heavy (non-hydrogen) atoms. The Labute approximate surface area is 75.0 Å². The third kappa shape index (κ3) is 1.21. The zero-order valence-electron chi connectivity index (χ0n) is 6.29. The molecule has 0 spiro atoms. The van der Waals surface area contributed by atoms with Gasteiger partial charge in [-0.15, -0.1) is 0 Å². The van der Waals surface area contributed by atoms with Gasteiger partial charge in [0.2, 0.25) is 0 Å². The van der Waals surface area contributed by atoms with Crippen molar-refractivity contribution >= 4 is 28.2 Å². The molecular formula is C9H7ClN2. The standard InChI is InChI=1S/C9H7ClN2/c10-8-2-1-6-5-12-9(11)4-7(6)3-8/h1-5H,(H2,11,12). The summed E-state index contributed by atoms with van der Waals surface area (Å²) >= 11 is 5.81. The molecule has 0 saturated carbocycles. The first kappa shape index (κ1) is 7.37. The van der Waals surface area contributed by atoms with Crippen LogP contribution in [0.4, 0.5) is 5.82 Å². The van der Waals surface area contributed by atoms with Crippen LogP contribution in [0.3, 0.4) is 0 Å². The van der Waals surface area contributed by atoms with Crippen LogP contribution in [-0.2, 0) is 0 Å². The van der Waals surface area contributed by atoms with E-state index in [9.17, 15) is 0 Å². The maximum absolute atomic E-state index is 5.81. The van der Waals surface area contributed by atoms with Crippen molar-refractivity contribution in [2.75, 3.05) is 5.73 Å². The van der Waals surface area contributed by atoms with E-state index in [4.69, 9.17) is 17.3 Å². The predicted molar refractivity (Wildman–Crippen MR) is 51.2 cm³/mol. The highest BCUT2D eigenvalue weighted by Gasteiger charge is 1.95. The molecule has 0 unspecified atom stereocenters. The van der Waals surface area contributed by atoms with Gasteiger partial charge in [-0.3, -0.25) is 0 Å². The van der Waals surface area contributed by atoms with Crippen LogP contribution in [0.25, 0.3) is 10.8 Å². The van der Waals surface area contributed by atoms with E-state index in [2.05, 4.69) is 4.98 Å². The minimum absolute atomic E-state index is 0.518. The molecule has 2 aromatic rings. The molecule has 0 aliphatic carbocycles. The Bertz CT molecular complexity index is 389. The van der Waals surface area contributed by atoms with E-state index >= 15 is 0 Å². The van der Waals surface area contributed by atoms with Gasteiger partial charge in [0, 0.05) is 16.6 Å². The van der Waals surface area contributed by atoms with Gasteiger partial charge in [0.1, 0.15) is 5.82 Å². The Balaban J connectivity index is 2.80. The molecule has 1 aromatic carbocycles. The number of fused-ring (bicyclic) bond motifs is 1. The van der Waals surface area contributed by atoms with Crippen LogP contribution in [0.15, 0.2) is 30.5 Å². The minimum atomic E-state index is 0.518. The predicted octanol–water partition coefficient (Wildman–Crippen LogP) is 2.47. The van der Waals surface area contributed by atoms with Crippen LogP contribution < -0.4 is 5.73 Å². The number of benzene rings is 1.